The van der Waals surface area contributed by atoms with Gasteiger partial charge in [-0.3, -0.25) is 4.57 Å². The predicted molar refractivity (Wildman–Crippen MR) is 64.4 cm³/mol. The summed E-state index contributed by atoms with van der Waals surface area (Å²) in [6.45, 7) is -0.546. The number of aliphatic hydroxyl groups excluding tert-OH is 2. The number of halogens is 3. The SMILES string of the molecule is OC[C@H]1O[C@@H](n2cc(F)c3c(Cl)ncnc32)[C@H](F)[C@@H]1O. The van der Waals surface area contributed by atoms with E-state index in [0.29, 0.717) is 0 Å². The maximum Gasteiger partial charge on any atom is 0.173 e. The van der Waals surface area contributed by atoms with E-state index in [1.807, 2.05) is 0 Å². The van der Waals surface area contributed by atoms with Gasteiger partial charge in [-0.05, 0) is 0 Å². The molecule has 1 saturated heterocycles. The molecule has 3 heterocycles. The highest BCUT2D eigenvalue weighted by atomic mass is 35.5. The summed E-state index contributed by atoms with van der Waals surface area (Å²) in [4.78, 5) is 7.50. The second kappa shape index (κ2) is 4.88. The molecule has 0 radical (unpaired) electrons. The smallest absolute Gasteiger partial charge is 0.173 e. The highest BCUT2D eigenvalue weighted by Crippen LogP contribution is 2.35. The third-order valence-electron chi connectivity index (χ3n) is 3.26. The van der Waals surface area contributed by atoms with Crippen LogP contribution in [0.25, 0.3) is 11.0 Å². The number of fused-ring (bicyclic) bond motifs is 1. The monoisotopic (exact) mass is 305 g/mol. The first-order valence-corrected chi connectivity index (χ1v) is 6.17. The van der Waals surface area contributed by atoms with E-state index >= 15 is 0 Å². The molecule has 0 amide bonds. The van der Waals surface area contributed by atoms with Crippen molar-refractivity contribution < 1.29 is 23.7 Å². The number of ether oxygens (including phenoxy) is 1. The van der Waals surface area contributed by atoms with Crippen molar-refractivity contribution in [2.75, 3.05) is 6.61 Å². The summed E-state index contributed by atoms with van der Waals surface area (Å²) in [5.41, 5.74) is 0.0564. The molecule has 3 rings (SSSR count). The fourth-order valence-corrected chi connectivity index (χ4v) is 2.50. The Labute approximate surface area is 116 Å². The molecule has 0 aliphatic carbocycles. The van der Waals surface area contributed by atoms with Crippen molar-refractivity contribution in [2.24, 2.45) is 0 Å². The lowest BCUT2D eigenvalue weighted by Crippen LogP contribution is -2.30. The van der Waals surface area contributed by atoms with Crippen molar-refractivity contribution in [1.29, 1.82) is 0 Å². The van der Waals surface area contributed by atoms with Gasteiger partial charge in [0.1, 0.15) is 29.3 Å². The van der Waals surface area contributed by atoms with Crippen molar-refractivity contribution >= 4 is 22.6 Å². The van der Waals surface area contributed by atoms with Crippen LogP contribution in [0.5, 0.6) is 0 Å². The normalized spacial score (nSPS) is 30.2. The first kappa shape index (κ1) is 13.6. The summed E-state index contributed by atoms with van der Waals surface area (Å²) in [6.07, 6.45) is -3.59. The van der Waals surface area contributed by atoms with Gasteiger partial charge in [0.05, 0.1) is 12.0 Å². The Morgan fingerprint density at radius 2 is 2.20 bits per heavy atom. The van der Waals surface area contributed by atoms with E-state index in [9.17, 15) is 13.9 Å². The number of aromatic nitrogens is 3. The molecule has 1 fully saturated rings. The standard InChI is InChI=1S/C11H10ClF2N3O3/c12-9-6-4(13)1-17(10(6)16-3-15-9)11-7(14)8(19)5(2-18)20-11/h1,3,5,7-8,11,18-19H,2H2/t5-,7-,8-,11-/m1/s1. The van der Waals surface area contributed by atoms with E-state index in [4.69, 9.17) is 21.4 Å². The molecular formula is C11H10ClF2N3O3. The Balaban J connectivity index is 2.10. The molecule has 0 unspecified atom stereocenters. The zero-order chi connectivity index (χ0) is 14.4. The van der Waals surface area contributed by atoms with E-state index < -0.39 is 37.0 Å². The Bertz CT molecular complexity index is 653. The van der Waals surface area contributed by atoms with Crippen LogP contribution < -0.4 is 0 Å². The molecule has 2 aromatic rings. The Hall–Kier alpha value is -1.35. The van der Waals surface area contributed by atoms with Crippen LogP contribution in [-0.4, -0.2) is 49.7 Å². The minimum absolute atomic E-state index is 0.0492. The summed E-state index contributed by atoms with van der Waals surface area (Å²) in [6, 6.07) is 0. The summed E-state index contributed by atoms with van der Waals surface area (Å²) in [7, 11) is 0. The van der Waals surface area contributed by atoms with Crippen LogP contribution in [0.2, 0.25) is 5.15 Å². The number of hydrogen-bond donors (Lipinski definition) is 2. The molecule has 9 heteroatoms. The van der Waals surface area contributed by atoms with Crippen LogP contribution in [0.1, 0.15) is 6.23 Å². The highest BCUT2D eigenvalue weighted by Gasteiger charge is 2.45. The summed E-state index contributed by atoms with van der Waals surface area (Å²) < 4.78 is 34.2. The van der Waals surface area contributed by atoms with E-state index in [1.165, 1.54) is 0 Å². The van der Waals surface area contributed by atoms with Crippen molar-refractivity contribution in [3.05, 3.63) is 23.5 Å². The summed E-state index contributed by atoms with van der Waals surface area (Å²) in [5, 5.41) is 18.4. The molecule has 2 aromatic heterocycles. The molecule has 1 aliphatic rings. The molecule has 0 saturated carbocycles. The molecule has 6 nitrogen and oxygen atoms in total. The molecule has 20 heavy (non-hydrogen) atoms. The van der Waals surface area contributed by atoms with Gasteiger partial charge in [0, 0.05) is 6.20 Å². The minimum atomic E-state index is -1.82. The van der Waals surface area contributed by atoms with Crippen LogP contribution in [0.4, 0.5) is 8.78 Å². The number of aliphatic hydroxyl groups is 2. The molecule has 1 aliphatic heterocycles. The van der Waals surface area contributed by atoms with Gasteiger partial charge in [-0.1, -0.05) is 11.6 Å². The Morgan fingerprint density at radius 1 is 1.45 bits per heavy atom. The number of hydrogen-bond acceptors (Lipinski definition) is 5. The van der Waals surface area contributed by atoms with Crippen LogP contribution in [-0.2, 0) is 4.74 Å². The zero-order valence-corrected chi connectivity index (χ0v) is 10.7. The lowest BCUT2D eigenvalue weighted by molar-refractivity contribution is -0.0459. The van der Waals surface area contributed by atoms with E-state index in [2.05, 4.69) is 9.97 Å². The van der Waals surface area contributed by atoms with Crippen molar-refractivity contribution in [3.63, 3.8) is 0 Å². The van der Waals surface area contributed by atoms with Crippen LogP contribution >= 0.6 is 11.6 Å². The Morgan fingerprint density at radius 3 is 2.85 bits per heavy atom. The largest absolute Gasteiger partial charge is 0.394 e. The Kier molecular flexibility index (Phi) is 3.33. The van der Waals surface area contributed by atoms with E-state index in [1.54, 1.807) is 0 Å². The molecule has 108 valence electrons. The third-order valence-corrected chi connectivity index (χ3v) is 3.55. The topological polar surface area (TPSA) is 80.4 Å². The summed E-state index contributed by atoms with van der Waals surface area (Å²) >= 11 is 5.77. The zero-order valence-electron chi connectivity index (χ0n) is 9.95. The maximum atomic E-state index is 14.0. The van der Waals surface area contributed by atoms with Gasteiger partial charge in [0.25, 0.3) is 0 Å². The number of rotatable bonds is 2. The number of alkyl halides is 1. The van der Waals surface area contributed by atoms with Gasteiger partial charge in [0.2, 0.25) is 0 Å². The lowest BCUT2D eigenvalue weighted by Gasteiger charge is -2.15. The summed E-state index contributed by atoms with van der Waals surface area (Å²) in [5.74, 6) is -0.719. The molecule has 4 atom stereocenters. The van der Waals surface area contributed by atoms with Crippen molar-refractivity contribution in [3.8, 4) is 0 Å². The van der Waals surface area contributed by atoms with Gasteiger partial charge in [-0.25, -0.2) is 18.7 Å². The van der Waals surface area contributed by atoms with E-state index in [0.717, 1.165) is 17.1 Å². The van der Waals surface area contributed by atoms with Crippen LogP contribution in [0.3, 0.4) is 0 Å². The molecular weight excluding hydrogens is 296 g/mol. The highest BCUT2D eigenvalue weighted by molar-refractivity contribution is 6.33. The van der Waals surface area contributed by atoms with E-state index in [-0.39, 0.29) is 16.2 Å². The van der Waals surface area contributed by atoms with Crippen molar-refractivity contribution in [1.82, 2.24) is 14.5 Å². The van der Waals surface area contributed by atoms with Gasteiger partial charge in [-0.15, -0.1) is 0 Å². The average Bonchev–Trinajstić information content (AvgIpc) is 2.90. The fraction of sp³-hybridized carbons (Fsp3) is 0.455. The van der Waals surface area contributed by atoms with Gasteiger partial charge in [0.15, 0.2) is 18.2 Å². The number of nitrogens with zero attached hydrogens (tertiary/aromatic N) is 3. The van der Waals surface area contributed by atoms with Gasteiger partial charge >= 0.3 is 0 Å². The predicted octanol–water partition coefficient (Wildman–Crippen LogP) is 0.812. The molecule has 0 bridgehead atoms. The van der Waals surface area contributed by atoms with Gasteiger partial charge < -0.3 is 14.9 Å². The second-order valence-corrected chi connectivity index (χ2v) is 4.79. The minimum Gasteiger partial charge on any atom is -0.394 e. The molecule has 0 aromatic carbocycles. The molecule has 0 spiro atoms. The first-order chi connectivity index (χ1) is 9.54. The molecule has 2 N–H and O–H groups in total. The van der Waals surface area contributed by atoms with Crippen LogP contribution in [0.15, 0.2) is 12.5 Å². The van der Waals surface area contributed by atoms with Gasteiger partial charge in [-0.2, -0.15) is 0 Å². The third kappa shape index (κ3) is 1.87. The fourth-order valence-electron chi connectivity index (χ4n) is 2.28. The second-order valence-electron chi connectivity index (χ2n) is 4.43. The maximum absolute atomic E-state index is 14.0. The van der Waals surface area contributed by atoms with Crippen molar-refractivity contribution in [2.45, 2.75) is 24.6 Å². The quantitative estimate of drug-likeness (QED) is 0.803. The van der Waals surface area contributed by atoms with Crippen LogP contribution in [0, 0.1) is 5.82 Å². The lowest BCUT2D eigenvalue weighted by atomic mass is 10.1. The first-order valence-electron chi connectivity index (χ1n) is 5.79. The average molecular weight is 306 g/mol.